The van der Waals surface area contributed by atoms with E-state index in [2.05, 4.69) is 155 Å². The highest BCUT2D eigenvalue weighted by atomic mass is 16.5. The number of hydrogen-bond acceptors (Lipinski definition) is 2. The SMILES string of the molecule is CC(C)N(C(C)C)[C@H]1C2=C([C@@H](c3ccccc3)[C@@H]1Cc1ccccc1)[C@]1(C)O[C@@]2(c2ccccc2)c2ccccc21. The summed E-state index contributed by atoms with van der Waals surface area (Å²) in [5.74, 6) is 0.621. The zero-order valence-electron chi connectivity index (χ0n) is 24.9. The van der Waals surface area contributed by atoms with E-state index in [4.69, 9.17) is 4.74 Å². The fourth-order valence-electron chi connectivity index (χ4n) is 8.75. The van der Waals surface area contributed by atoms with Crippen molar-refractivity contribution >= 4 is 0 Å². The van der Waals surface area contributed by atoms with E-state index in [-0.39, 0.29) is 12.0 Å². The van der Waals surface area contributed by atoms with Gasteiger partial charge in [0.2, 0.25) is 0 Å². The lowest BCUT2D eigenvalue weighted by molar-refractivity contribution is -0.0627. The van der Waals surface area contributed by atoms with Crippen LogP contribution < -0.4 is 0 Å². The molecule has 0 unspecified atom stereocenters. The first-order chi connectivity index (χ1) is 19.9. The first-order valence-corrected chi connectivity index (χ1v) is 15.3. The molecule has 2 aliphatic heterocycles. The summed E-state index contributed by atoms with van der Waals surface area (Å²) in [7, 11) is 0. The molecule has 2 heterocycles. The molecule has 0 N–H and O–H groups in total. The molecule has 41 heavy (non-hydrogen) atoms. The summed E-state index contributed by atoms with van der Waals surface area (Å²) < 4.78 is 7.56. The summed E-state index contributed by atoms with van der Waals surface area (Å²) in [4.78, 5) is 2.78. The van der Waals surface area contributed by atoms with E-state index in [9.17, 15) is 0 Å². The van der Waals surface area contributed by atoms with Gasteiger partial charge in [0.1, 0.15) is 11.2 Å². The lowest BCUT2D eigenvalue weighted by Crippen LogP contribution is -2.52. The molecule has 0 saturated heterocycles. The van der Waals surface area contributed by atoms with E-state index in [0.29, 0.717) is 18.0 Å². The molecule has 2 bridgehead atoms. The molecule has 0 fully saturated rings. The number of rotatable bonds is 7. The Morgan fingerprint density at radius 3 is 1.80 bits per heavy atom. The standard InChI is InChI=1S/C39H41NO/c1-26(2)40(27(3)4)37-31(25-28-17-9-6-10-18-28)34(29-19-11-7-12-20-29)35-36(37)39(30-21-13-8-14-22-30)33-24-16-15-23-32(33)38(35,5)41-39/h6-24,26-27,31,34,37H,25H2,1-5H3/t31-,34-,37+,38+,39-/m0/s1. The number of fused-ring (bicyclic) bond motifs is 7. The van der Waals surface area contributed by atoms with Crippen LogP contribution in [0.25, 0.3) is 0 Å². The highest BCUT2D eigenvalue weighted by molar-refractivity contribution is 5.68. The largest absolute Gasteiger partial charge is 0.346 e. The lowest BCUT2D eigenvalue weighted by atomic mass is 9.69. The molecule has 4 aromatic rings. The molecule has 4 aromatic carbocycles. The Labute approximate surface area is 245 Å². The molecule has 3 aliphatic rings. The van der Waals surface area contributed by atoms with Crippen molar-refractivity contribution in [3.63, 3.8) is 0 Å². The third kappa shape index (κ3) is 3.77. The van der Waals surface area contributed by atoms with Crippen LogP contribution >= 0.6 is 0 Å². The smallest absolute Gasteiger partial charge is 0.143 e. The van der Waals surface area contributed by atoms with Crippen molar-refractivity contribution in [1.82, 2.24) is 4.90 Å². The summed E-state index contributed by atoms with van der Waals surface area (Å²) in [6.45, 7) is 11.8. The number of ether oxygens (including phenoxy) is 1. The highest BCUT2D eigenvalue weighted by Gasteiger charge is 2.69. The Morgan fingerprint density at radius 1 is 0.659 bits per heavy atom. The first-order valence-electron chi connectivity index (χ1n) is 15.3. The molecule has 0 saturated carbocycles. The van der Waals surface area contributed by atoms with Gasteiger partial charge in [-0.25, -0.2) is 0 Å². The van der Waals surface area contributed by atoms with Gasteiger partial charge < -0.3 is 4.74 Å². The van der Waals surface area contributed by atoms with Crippen LogP contribution in [0.15, 0.2) is 126 Å². The molecule has 0 radical (unpaired) electrons. The monoisotopic (exact) mass is 539 g/mol. The van der Waals surface area contributed by atoms with E-state index in [1.807, 2.05) is 0 Å². The third-order valence-electron chi connectivity index (χ3n) is 9.97. The second-order valence-corrected chi connectivity index (χ2v) is 12.9. The minimum absolute atomic E-state index is 0.228. The van der Waals surface area contributed by atoms with Crippen LogP contribution in [-0.2, 0) is 22.4 Å². The zero-order valence-corrected chi connectivity index (χ0v) is 24.9. The molecule has 1 aliphatic carbocycles. The summed E-state index contributed by atoms with van der Waals surface area (Å²) in [5.41, 5.74) is 8.56. The Morgan fingerprint density at radius 2 is 1.20 bits per heavy atom. The van der Waals surface area contributed by atoms with Gasteiger partial charge in [0, 0.05) is 24.0 Å². The Bertz CT molecular complexity index is 1570. The topological polar surface area (TPSA) is 12.5 Å². The zero-order chi connectivity index (χ0) is 28.4. The summed E-state index contributed by atoms with van der Waals surface area (Å²) in [5, 5.41) is 0. The number of hydrogen-bond donors (Lipinski definition) is 0. The van der Waals surface area contributed by atoms with E-state index in [0.717, 1.165) is 6.42 Å². The van der Waals surface area contributed by atoms with Gasteiger partial charge in [0.15, 0.2) is 0 Å². The fraction of sp³-hybridized carbons (Fsp3) is 0.333. The van der Waals surface area contributed by atoms with Crippen LogP contribution in [0.3, 0.4) is 0 Å². The molecular formula is C39H41NO. The van der Waals surface area contributed by atoms with Crippen molar-refractivity contribution in [2.24, 2.45) is 5.92 Å². The molecule has 7 rings (SSSR count). The van der Waals surface area contributed by atoms with E-state index < -0.39 is 11.2 Å². The summed E-state index contributed by atoms with van der Waals surface area (Å²) in [6, 6.07) is 43.5. The first kappa shape index (κ1) is 26.4. The van der Waals surface area contributed by atoms with Crippen molar-refractivity contribution in [1.29, 1.82) is 0 Å². The van der Waals surface area contributed by atoms with Gasteiger partial charge in [-0.15, -0.1) is 0 Å². The van der Waals surface area contributed by atoms with Crippen molar-refractivity contribution in [2.45, 2.75) is 76.3 Å². The summed E-state index contributed by atoms with van der Waals surface area (Å²) >= 11 is 0. The molecule has 2 heteroatoms. The highest BCUT2D eigenvalue weighted by Crippen LogP contribution is 2.71. The predicted octanol–water partition coefficient (Wildman–Crippen LogP) is 8.63. The van der Waals surface area contributed by atoms with Crippen molar-refractivity contribution in [2.75, 3.05) is 0 Å². The number of benzene rings is 4. The molecule has 0 aromatic heterocycles. The Kier molecular flexibility index (Phi) is 6.34. The number of nitrogens with zero attached hydrogens (tertiary/aromatic N) is 1. The van der Waals surface area contributed by atoms with Crippen LogP contribution in [0.2, 0.25) is 0 Å². The van der Waals surface area contributed by atoms with Gasteiger partial charge in [-0.2, -0.15) is 0 Å². The normalized spacial score (nSPS) is 28.1. The molecule has 0 amide bonds. The van der Waals surface area contributed by atoms with Crippen LogP contribution in [0.1, 0.15) is 68.4 Å². The minimum atomic E-state index is -0.604. The Balaban J connectivity index is 1.56. The second kappa shape index (κ2) is 9.82. The van der Waals surface area contributed by atoms with Gasteiger partial charge in [0.05, 0.1) is 0 Å². The lowest BCUT2D eigenvalue weighted by Gasteiger charge is -2.46. The van der Waals surface area contributed by atoms with Gasteiger partial charge in [-0.05, 0) is 85.9 Å². The van der Waals surface area contributed by atoms with Crippen LogP contribution in [0, 0.1) is 5.92 Å². The average Bonchev–Trinajstić information content (AvgIpc) is 3.56. The third-order valence-corrected chi connectivity index (χ3v) is 9.97. The summed E-state index contributed by atoms with van der Waals surface area (Å²) in [6.07, 6.45) is 1.02. The quantitative estimate of drug-likeness (QED) is 0.218. The Hall–Kier alpha value is -3.46. The van der Waals surface area contributed by atoms with Crippen molar-refractivity contribution in [3.8, 4) is 0 Å². The maximum absolute atomic E-state index is 7.56. The molecule has 208 valence electrons. The van der Waals surface area contributed by atoms with E-state index in [1.54, 1.807) is 0 Å². The fourth-order valence-corrected chi connectivity index (χ4v) is 8.75. The average molecular weight is 540 g/mol. The van der Waals surface area contributed by atoms with Gasteiger partial charge in [-0.3, -0.25) is 4.90 Å². The van der Waals surface area contributed by atoms with E-state index in [1.165, 1.54) is 39.0 Å². The molecule has 5 atom stereocenters. The maximum atomic E-state index is 7.56. The molecular weight excluding hydrogens is 498 g/mol. The van der Waals surface area contributed by atoms with Crippen LogP contribution in [0.4, 0.5) is 0 Å². The molecule has 2 nitrogen and oxygen atoms in total. The minimum Gasteiger partial charge on any atom is -0.346 e. The van der Waals surface area contributed by atoms with E-state index >= 15 is 0 Å². The van der Waals surface area contributed by atoms with Crippen LogP contribution in [-0.4, -0.2) is 23.0 Å². The van der Waals surface area contributed by atoms with Crippen molar-refractivity contribution < 1.29 is 4.74 Å². The predicted molar refractivity (Wildman–Crippen MR) is 168 cm³/mol. The maximum Gasteiger partial charge on any atom is 0.143 e. The van der Waals surface area contributed by atoms with Gasteiger partial charge in [-0.1, -0.05) is 115 Å². The van der Waals surface area contributed by atoms with Gasteiger partial charge in [0.25, 0.3) is 0 Å². The molecule has 0 spiro atoms. The second-order valence-electron chi connectivity index (χ2n) is 12.9. The van der Waals surface area contributed by atoms with Crippen LogP contribution in [0.5, 0.6) is 0 Å². The van der Waals surface area contributed by atoms with Gasteiger partial charge >= 0.3 is 0 Å². The van der Waals surface area contributed by atoms with Crippen molar-refractivity contribution in [3.05, 3.63) is 154 Å².